The molecule has 1 aliphatic heterocycles. The number of amides is 2. The average molecular weight is 396 g/mol. The van der Waals surface area contributed by atoms with E-state index in [-0.39, 0.29) is 18.9 Å². The van der Waals surface area contributed by atoms with E-state index < -0.39 is 24.4 Å². The molecule has 1 saturated heterocycles. The summed E-state index contributed by atoms with van der Waals surface area (Å²) in [6, 6.07) is 12.8. The number of anilines is 2. The molecule has 0 aliphatic carbocycles. The van der Waals surface area contributed by atoms with E-state index in [9.17, 15) is 14.4 Å². The summed E-state index contributed by atoms with van der Waals surface area (Å²) in [4.78, 5) is 38.4. The van der Waals surface area contributed by atoms with Crippen LogP contribution in [0.1, 0.15) is 17.5 Å². The van der Waals surface area contributed by atoms with Gasteiger partial charge in [-0.05, 0) is 43.2 Å². The molecule has 7 heteroatoms. The van der Waals surface area contributed by atoms with E-state index in [1.165, 1.54) is 4.90 Å². The van der Waals surface area contributed by atoms with Gasteiger partial charge in [-0.1, -0.05) is 18.2 Å². The minimum atomic E-state index is -0.609. The van der Waals surface area contributed by atoms with Gasteiger partial charge in [-0.15, -0.1) is 0 Å². The maximum Gasteiger partial charge on any atom is 0.311 e. The number of rotatable bonds is 6. The fraction of sp³-hybridized carbons (Fsp3) is 0.318. The van der Waals surface area contributed by atoms with Crippen molar-refractivity contribution in [1.29, 1.82) is 0 Å². The van der Waals surface area contributed by atoms with Gasteiger partial charge in [0.25, 0.3) is 5.91 Å². The molecule has 2 aromatic rings. The Morgan fingerprint density at radius 2 is 1.97 bits per heavy atom. The summed E-state index contributed by atoms with van der Waals surface area (Å²) in [5, 5.41) is 2.75. The Hall–Kier alpha value is -3.35. The zero-order valence-corrected chi connectivity index (χ0v) is 16.7. The van der Waals surface area contributed by atoms with Gasteiger partial charge in [-0.25, -0.2) is 0 Å². The minimum Gasteiger partial charge on any atom is -0.497 e. The van der Waals surface area contributed by atoms with E-state index >= 15 is 0 Å². The van der Waals surface area contributed by atoms with Crippen molar-refractivity contribution in [2.75, 3.05) is 30.5 Å². The molecule has 7 nitrogen and oxygen atoms in total. The van der Waals surface area contributed by atoms with Crippen LogP contribution in [0.4, 0.5) is 11.4 Å². The summed E-state index contributed by atoms with van der Waals surface area (Å²) in [5.74, 6) is -1.12. The second kappa shape index (κ2) is 8.77. The SMILES string of the molecule is COc1cccc(N2C[C@@H](C(=O)OCC(=O)Nc3cc(C)ccc3C)CC2=O)c1. The van der Waals surface area contributed by atoms with Crippen LogP contribution in [0.25, 0.3) is 0 Å². The number of carbonyl (C=O) groups is 3. The normalized spacial score (nSPS) is 15.9. The molecule has 0 saturated carbocycles. The standard InChI is InChI=1S/C22H24N2O5/c1-14-7-8-15(2)19(9-14)23-20(25)13-29-22(27)16-10-21(26)24(12-16)17-5-4-6-18(11-17)28-3/h4-9,11,16H,10,12-13H2,1-3H3,(H,23,25)/t16-/m0/s1. The molecule has 0 spiro atoms. The van der Waals surface area contributed by atoms with Crippen LogP contribution >= 0.6 is 0 Å². The quantitative estimate of drug-likeness (QED) is 0.759. The first-order chi connectivity index (χ1) is 13.9. The predicted molar refractivity (Wildman–Crippen MR) is 109 cm³/mol. The van der Waals surface area contributed by atoms with Crippen molar-refractivity contribution in [3.8, 4) is 5.75 Å². The van der Waals surface area contributed by atoms with Gasteiger partial charge in [0.1, 0.15) is 5.75 Å². The van der Waals surface area contributed by atoms with Crippen molar-refractivity contribution in [2.24, 2.45) is 5.92 Å². The number of nitrogens with zero attached hydrogens (tertiary/aromatic N) is 1. The van der Waals surface area contributed by atoms with Crippen molar-refractivity contribution in [1.82, 2.24) is 0 Å². The molecule has 2 amide bonds. The maximum atomic E-state index is 12.4. The highest BCUT2D eigenvalue weighted by atomic mass is 16.5. The zero-order chi connectivity index (χ0) is 21.0. The van der Waals surface area contributed by atoms with Crippen LogP contribution in [0.5, 0.6) is 5.75 Å². The van der Waals surface area contributed by atoms with E-state index in [4.69, 9.17) is 9.47 Å². The first-order valence-electron chi connectivity index (χ1n) is 9.35. The van der Waals surface area contributed by atoms with Crippen LogP contribution < -0.4 is 15.0 Å². The molecule has 0 bridgehead atoms. The Kier molecular flexibility index (Phi) is 6.16. The number of hydrogen-bond acceptors (Lipinski definition) is 5. The molecule has 0 radical (unpaired) electrons. The topological polar surface area (TPSA) is 84.9 Å². The number of nitrogens with one attached hydrogen (secondary N) is 1. The van der Waals surface area contributed by atoms with Gasteiger partial charge in [0.15, 0.2) is 6.61 Å². The van der Waals surface area contributed by atoms with E-state index in [2.05, 4.69) is 5.32 Å². The molecule has 1 atom stereocenters. The number of carbonyl (C=O) groups excluding carboxylic acids is 3. The molecule has 1 aliphatic rings. The monoisotopic (exact) mass is 396 g/mol. The summed E-state index contributed by atoms with van der Waals surface area (Å²) >= 11 is 0. The third kappa shape index (κ3) is 4.93. The summed E-state index contributed by atoms with van der Waals surface area (Å²) in [6.07, 6.45) is 0.0502. The molecule has 1 heterocycles. The Bertz CT molecular complexity index is 941. The molecule has 152 valence electrons. The van der Waals surface area contributed by atoms with Crippen molar-refractivity contribution < 1.29 is 23.9 Å². The number of ether oxygens (including phenoxy) is 2. The smallest absolute Gasteiger partial charge is 0.311 e. The molecule has 2 aromatic carbocycles. The Labute approximate surface area is 169 Å². The Morgan fingerprint density at radius 3 is 2.72 bits per heavy atom. The van der Waals surface area contributed by atoms with Crippen molar-refractivity contribution in [3.05, 3.63) is 53.6 Å². The lowest BCUT2D eigenvalue weighted by molar-refractivity contribution is -0.151. The number of esters is 1. The van der Waals surface area contributed by atoms with Crippen LogP contribution in [0.15, 0.2) is 42.5 Å². The van der Waals surface area contributed by atoms with Crippen LogP contribution in [-0.2, 0) is 19.1 Å². The molecule has 1 fully saturated rings. The molecular weight excluding hydrogens is 372 g/mol. The van der Waals surface area contributed by atoms with Crippen LogP contribution in [-0.4, -0.2) is 38.0 Å². The lowest BCUT2D eigenvalue weighted by atomic mass is 10.1. The molecule has 29 heavy (non-hydrogen) atoms. The van der Waals surface area contributed by atoms with E-state index in [0.29, 0.717) is 17.1 Å². The molecule has 0 aromatic heterocycles. The first-order valence-corrected chi connectivity index (χ1v) is 9.35. The number of hydrogen-bond donors (Lipinski definition) is 1. The van der Waals surface area contributed by atoms with Crippen LogP contribution in [0.2, 0.25) is 0 Å². The highest BCUT2D eigenvalue weighted by Gasteiger charge is 2.36. The zero-order valence-electron chi connectivity index (χ0n) is 16.7. The lowest BCUT2D eigenvalue weighted by Gasteiger charge is -2.17. The minimum absolute atomic E-state index is 0.0502. The fourth-order valence-electron chi connectivity index (χ4n) is 3.20. The molecule has 0 unspecified atom stereocenters. The molecular formula is C22H24N2O5. The van der Waals surface area contributed by atoms with E-state index in [1.807, 2.05) is 32.0 Å². The predicted octanol–water partition coefficient (Wildman–Crippen LogP) is 2.85. The third-order valence-corrected chi connectivity index (χ3v) is 4.84. The summed E-state index contributed by atoms with van der Waals surface area (Å²) in [7, 11) is 1.55. The fourth-order valence-corrected chi connectivity index (χ4v) is 3.20. The summed E-state index contributed by atoms with van der Waals surface area (Å²) < 4.78 is 10.3. The van der Waals surface area contributed by atoms with Gasteiger partial charge in [0, 0.05) is 30.4 Å². The van der Waals surface area contributed by atoms with Crippen LogP contribution in [0.3, 0.4) is 0 Å². The Morgan fingerprint density at radius 1 is 1.17 bits per heavy atom. The van der Waals surface area contributed by atoms with Crippen molar-refractivity contribution in [3.63, 3.8) is 0 Å². The van der Waals surface area contributed by atoms with Gasteiger partial charge < -0.3 is 19.7 Å². The molecule has 1 N–H and O–H groups in total. The van der Waals surface area contributed by atoms with Gasteiger partial charge in [0.2, 0.25) is 5.91 Å². The maximum absolute atomic E-state index is 12.4. The van der Waals surface area contributed by atoms with E-state index in [1.54, 1.807) is 31.4 Å². The largest absolute Gasteiger partial charge is 0.497 e. The van der Waals surface area contributed by atoms with Gasteiger partial charge in [-0.2, -0.15) is 0 Å². The third-order valence-electron chi connectivity index (χ3n) is 4.84. The summed E-state index contributed by atoms with van der Waals surface area (Å²) in [5.41, 5.74) is 3.29. The number of aryl methyl sites for hydroxylation is 2. The van der Waals surface area contributed by atoms with Crippen molar-refractivity contribution in [2.45, 2.75) is 20.3 Å². The van der Waals surface area contributed by atoms with Gasteiger partial charge >= 0.3 is 5.97 Å². The summed E-state index contributed by atoms with van der Waals surface area (Å²) in [6.45, 7) is 3.64. The molecule has 3 rings (SSSR count). The first kappa shape index (κ1) is 20.4. The number of benzene rings is 2. The number of methoxy groups -OCH3 is 1. The van der Waals surface area contributed by atoms with Crippen LogP contribution in [0, 0.1) is 19.8 Å². The second-order valence-electron chi connectivity index (χ2n) is 7.08. The second-order valence-corrected chi connectivity index (χ2v) is 7.08. The van der Waals surface area contributed by atoms with Gasteiger partial charge in [-0.3, -0.25) is 14.4 Å². The Balaban J connectivity index is 1.55. The van der Waals surface area contributed by atoms with Gasteiger partial charge in [0.05, 0.1) is 13.0 Å². The van der Waals surface area contributed by atoms with Crippen molar-refractivity contribution >= 4 is 29.2 Å². The lowest BCUT2D eigenvalue weighted by Crippen LogP contribution is -2.28. The highest BCUT2D eigenvalue weighted by Crippen LogP contribution is 2.28. The van der Waals surface area contributed by atoms with E-state index in [0.717, 1.165) is 11.1 Å². The average Bonchev–Trinajstić information content (AvgIpc) is 3.10. The highest BCUT2D eigenvalue weighted by molar-refractivity contribution is 6.00.